The van der Waals surface area contributed by atoms with Gasteiger partial charge in [0.05, 0.1) is 0 Å². The van der Waals surface area contributed by atoms with Crippen LogP contribution in [0.4, 0.5) is 5.69 Å². The zero-order chi connectivity index (χ0) is 12.6. The highest BCUT2D eigenvalue weighted by Gasteiger charge is 2.33. The maximum absolute atomic E-state index is 11.3. The number of ketones is 1. The van der Waals surface area contributed by atoms with Gasteiger partial charge >= 0.3 is 0 Å². The number of fused-ring (bicyclic) bond motifs is 1. The lowest BCUT2D eigenvalue weighted by molar-refractivity contribution is -0.117. The van der Waals surface area contributed by atoms with Gasteiger partial charge in [0.2, 0.25) is 0 Å². The second-order valence-electron chi connectivity index (χ2n) is 5.04. The smallest absolute Gasteiger partial charge is 0.131 e. The topological polar surface area (TPSA) is 40.5 Å². The highest BCUT2D eigenvalue weighted by Crippen LogP contribution is 2.39. The molecule has 0 radical (unpaired) electrons. The average molecular weight is 233 g/mol. The first kappa shape index (κ1) is 12.0. The Morgan fingerprint density at radius 1 is 1.53 bits per heavy atom. The molecular weight excluding hydrogens is 214 g/mol. The van der Waals surface area contributed by atoms with Crippen LogP contribution in [0, 0.1) is 0 Å². The summed E-state index contributed by atoms with van der Waals surface area (Å²) in [5, 5.41) is 9.87. The molecule has 0 saturated carbocycles. The number of phenols is 1. The number of nitrogens with zero attached hydrogens (tertiary/aromatic N) is 1. The fourth-order valence-corrected chi connectivity index (χ4v) is 2.75. The third kappa shape index (κ3) is 2.14. The summed E-state index contributed by atoms with van der Waals surface area (Å²) in [6.45, 7) is 5.86. The summed E-state index contributed by atoms with van der Waals surface area (Å²) in [6, 6.07) is 6.13. The molecule has 0 bridgehead atoms. The van der Waals surface area contributed by atoms with Crippen LogP contribution in [-0.2, 0) is 11.2 Å². The lowest BCUT2D eigenvalue weighted by Crippen LogP contribution is -2.38. The van der Waals surface area contributed by atoms with Crippen molar-refractivity contribution in [1.82, 2.24) is 0 Å². The molecule has 0 aromatic heterocycles. The second kappa shape index (κ2) is 4.40. The Balaban J connectivity index is 2.37. The summed E-state index contributed by atoms with van der Waals surface area (Å²) in [4.78, 5) is 13.6. The normalized spacial score (nSPS) is 18.6. The Hall–Kier alpha value is -1.51. The second-order valence-corrected chi connectivity index (χ2v) is 5.04. The van der Waals surface area contributed by atoms with Gasteiger partial charge in [0.25, 0.3) is 0 Å². The third-order valence-electron chi connectivity index (χ3n) is 3.32. The van der Waals surface area contributed by atoms with Crippen LogP contribution in [0.2, 0.25) is 0 Å². The minimum Gasteiger partial charge on any atom is -0.508 e. The summed E-state index contributed by atoms with van der Waals surface area (Å²) in [5.41, 5.74) is 2.05. The van der Waals surface area contributed by atoms with Gasteiger partial charge in [-0.2, -0.15) is 0 Å². The number of Topliss-reactive ketones (excluding diaryl/α,β-unsaturated/α-hetero) is 1. The number of phenolic OH excluding ortho intramolecular Hbond substituents is 1. The Kier molecular flexibility index (Phi) is 3.09. The molecule has 1 aliphatic rings. The highest BCUT2D eigenvalue weighted by molar-refractivity contribution is 5.78. The largest absolute Gasteiger partial charge is 0.508 e. The van der Waals surface area contributed by atoms with E-state index >= 15 is 0 Å². The van der Waals surface area contributed by atoms with Gasteiger partial charge in [-0.3, -0.25) is 4.79 Å². The van der Waals surface area contributed by atoms with Gasteiger partial charge in [-0.05, 0) is 39.3 Å². The SMILES string of the molecule is CC(=O)CC1Cc2c(O)cccc2N1C(C)C. The first-order chi connectivity index (χ1) is 8.00. The van der Waals surface area contributed by atoms with Crippen LogP contribution in [0.5, 0.6) is 5.75 Å². The molecule has 3 heteroatoms. The number of carbonyl (C=O) groups is 1. The molecular formula is C14H19NO2. The van der Waals surface area contributed by atoms with Crippen LogP contribution in [0.3, 0.4) is 0 Å². The van der Waals surface area contributed by atoms with Gasteiger partial charge in [-0.15, -0.1) is 0 Å². The summed E-state index contributed by atoms with van der Waals surface area (Å²) in [7, 11) is 0. The molecule has 1 aromatic carbocycles. The molecule has 3 nitrogen and oxygen atoms in total. The van der Waals surface area contributed by atoms with E-state index in [0.717, 1.165) is 17.7 Å². The Bertz CT molecular complexity index is 440. The third-order valence-corrected chi connectivity index (χ3v) is 3.32. The molecule has 1 unspecified atom stereocenters. The first-order valence-corrected chi connectivity index (χ1v) is 6.09. The molecule has 17 heavy (non-hydrogen) atoms. The van der Waals surface area contributed by atoms with E-state index in [9.17, 15) is 9.90 Å². The maximum Gasteiger partial charge on any atom is 0.131 e. The van der Waals surface area contributed by atoms with E-state index in [-0.39, 0.29) is 11.8 Å². The molecule has 1 aliphatic heterocycles. The Labute approximate surface area is 102 Å². The molecule has 1 heterocycles. The van der Waals surface area contributed by atoms with Gasteiger partial charge in [0, 0.05) is 29.8 Å². The van der Waals surface area contributed by atoms with E-state index in [1.54, 1.807) is 13.0 Å². The van der Waals surface area contributed by atoms with Crippen molar-refractivity contribution < 1.29 is 9.90 Å². The van der Waals surface area contributed by atoms with E-state index in [4.69, 9.17) is 0 Å². The summed E-state index contributed by atoms with van der Waals surface area (Å²) < 4.78 is 0. The van der Waals surface area contributed by atoms with E-state index in [1.165, 1.54) is 0 Å². The Morgan fingerprint density at radius 3 is 2.82 bits per heavy atom. The summed E-state index contributed by atoms with van der Waals surface area (Å²) in [6.07, 6.45) is 1.31. The Morgan fingerprint density at radius 2 is 2.24 bits per heavy atom. The van der Waals surface area contributed by atoms with Crippen LogP contribution in [-0.4, -0.2) is 23.0 Å². The van der Waals surface area contributed by atoms with Crippen LogP contribution >= 0.6 is 0 Å². The molecule has 0 spiro atoms. The zero-order valence-corrected chi connectivity index (χ0v) is 10.6. The van der Waals surface area contributed by atoms with Crippen molar-refractivity contribution in [3.63, 3.8) is 0 Å². The molecule has 1 N–H and O–H groups in total. The number of anilines is 1. The molecule has 0 amide bonds. The lowest BCUT2D eigenvalue weighted by atomic mass is 10.0. The molecule has 1 atom stereocenters. The van der Waals surface area contributed by atoms with Crippen LogP contribution in [0.25, 0.3) is 0 Å². The van der Waals surface area contributed by atoms with Gasteiger partial charge < -0.3 is 10.0 Å². The zero-order valence-electron chi connectivity index (χ0n) is 10.6. The lowest BCUT2D eigenvalue weighted by Gasteiger charge is -2.31. The number of carbonyl (C=O) groups excluding carboxylic acids is 1. The molecule has 0 saturated heterocycles. The minimum absolute atomic E-state index is 0.191. The predicted octanol–water partition coefficient (Wildman–Crippen LogP) is 2.51. The maximum atomic E-state index is 11.3. The van der Waals surface area contributed by atoms with Gasteiger partial charge in [-0.1, -0.05) is 6.07 Å². The van der Waals surface area contributed by atoms with E-state index in [1.807, 2.05) is 12.1 Å². The van der Waals surface area contributed by atoms with E-state index in [2.05, 4.69) is 18.7 Å². The number of benzene rings is 1. The van der Waals surface area contributed by atoms with Gasteiger partial charge in [-0.25, -0.2) is 0 Å². The van der Waals surface area contributed by atoms with Crippen molar-refractivity contribution in [2.24, 2.45) is 0 Å². The average Bonchev–Trinajstić information content (AvgIpc) is 2.56. The molecule has 0 aliphatic carbocycles. The monoisotopic (exact) mass is 233 g/mol. The molecule has 0 fully saturated rings. The minimum atomic E-state index is 0.191. The predicted molar refractivity (Wildman–Crippen MR) is 68.5 cm³/mol. The van der Waals surface area contributed by atoms with Gasteiger partial charge in [0.1, 0.15) is 11.5 Å². The van der Waals surface area contributed by atoms with E-state index < -0.39 is 0 Å². The number of aromatic hydroxyl groups is 1. The molecule has 92 valence electrons. The number of hydrogen-bond donors (Lipinski definition) is 1. The summed E-state index contributed by atoms with van der Waals surface area (Å²) in [5.74, 6) is 0.548. The quantitative estimate of drug-likeness (QED) is 0.872. The van der Waals surface area contributed by atoms with Crippen LogP contribution in [0.15, 0.2) is 18.2 Å². The molecule has 2 rings (SSSR count). The van der Waals surface area contributed by atoms with E-state index in [0.29, 0.717) is 18.2 Å². The number of hydrogen-bond acceptors (Lipinski definition) is 3. The highest BCUT2D eigenvalue weighted by atomic mass is 16.3. The first-order valence-electron chi connectivity index (χ1n) is 6.09. The van der Waals surface area contributed by atoms with Crippen molar-refractivity contribution in [3.8, 4) is 5.75 Å². The molecule has 1 aromatic rings. The van der Waals surface area contributed by atoms with Crippen LogP contribution < -0.4 is 4.90 Å². The van der Waals surface area contributed by atoms with Crippen molar-refractivity contribution in [3.05, 3.63) is 23.8 Å². The summed E-state index contributed by atoms with van der Waals surface area (Å²) >= 11 is 0. The van der Waals surface area contributed by atoms with Crippen molar-refractivity contribution >= 4 is 11.5 Å². The fraction of sp³-hybridized carbons (Fsp3) is 0.500. The fourth-order valence-electron chi connectivity index (χ4n) is 2.75. The standard InChI is InChI=1S/C14H19NO2/c1-9(2)15-11(7-10(3)16)8-12-13(15)5-4-6-14(12)17/h4-6,9,11,17H,7-8H2,1-3H3. The van der Waals surface area contributed by atoms with Crippen molar-refractivity contribution in [1.29, 1.82) is 0 Å². The van der Waals surface area contributed by atoms with Crippen molar-refractivity contribution in [2.45, 2.75) is 45.7 Å². The van der Waals surface area contributed by atoms with Gasteiger partial charge in [0.15, 0.2) is 0 Å². The van der Waals surface area contributed by atoms with Crippen LogP contribution in [0.1, 0.15) is 32.8 Å². The van der Waals surface area contributed by atoms with Crippen molar-refractivity contribution in [2.75, 3.05) is 4.90 Å². The number of rotatable bonds is 3.